The molecule has 1 amide bonds. The lowest BCUT2D eigenvalue weighted by atomic mass is 10.0. The van der Waals surface area contributed by atoms with E-state index in [4.69, 9.17) is 16.0 Å². The van der Waals surface area contributed by atoms with Gasteiger partial charge in [-0.2, -0.15) is 0 Å². The van der Waals surface area contributed by atoms with Gasteiger partial charge in [-0.15, -0.1) is 0 Å². The van der Waals surface area contributed by atoms with Gasteiger partial charge in [0.1, 0.15) is 5.58 Å². The Morgan fingerprint density at radius 1 is 1.14 bits per heavy atom. The van der Waals surface area contributed by atoms with Crippen LogP contribution in [-0.2, 0) is 0 Å². The molecule has 0 aliphatic carbocycles. The van der Waals surface area contributed by atoms with Crippen molar-refractivity contribution < 1.29 is 9.21 Å². The maximum atomic E-state index is 12.9. The third-order valence-electron chi connectivity index (χ3n) is 5.27. The number of nitrogens with zero attached hydrogens (tertiary/aromatic N) is 1. The smallest absolute Gasteiger partial charge is 0.287 e. The van der Waals surface area contributed by atoms with Crippen LogP contribution in [0, 0.1) is 13.8 Å². The van der Waals surface area contributed by atoms with Crippen LogP contribution in [0.1, 0.15) is 47.1 Å². The lowest BCUT2D eigenvalue weighted by Gasteiger charge is -2.30. The topological polar surface area (TPSA) is 45.5 Å². The third kappa shape index (κ3) is 4.08. The van der Waals surface area contributed by atoms with Crippen molar-refractivity contribution in [3.05, 3.63) is 69.9 Å². The van der Waals surface area contributed by atoms with Gasteiger partial charge in [-0.3, -0.25) is 9.69 Å². The Balaban J connectivity index is 1.84. The number of nitrogens with one attached hydrogen (secondary N) is 1. The van der Waals surface area contributed by atoms with E-state index in [1.807, 2.05) is 56.3 Å². The molecule has 0 bridgehead atoms. The molecule has 0 aliphatic heterocycles. The first-order valence-electron chi connectivity index (χ1n) is 9.72. The Morgan fingerprint density at radius 2 is 1.86 bits per heavy atom. The SMILES string of the molecule is CCN(CC)[C@H](CNC(=O)c1oc2ccc(C)cc2c1C)c1ccccc1Cl. The van der Waals surface area contributed by atoms with E-state index in [-0.39, 0.29) is 11.9 Å². The normalized spacial score (nSPS) is 12.5. The molecule has 3 rings (SSSR count). The van der Waals surface area contributed by atoms with E-state index in [1.165, 1.54) is 0 Å². The number of fused-ring (bicyclic) bond motifs is 1. The molecule has 148 valence electrons. The Hall–Kier alpha value is -2.30. The van der Waals surface area contributed by atoms with Crippen molar-refractivity contribution in [2.24, 2.45) is 0 Å². The molecule has 1 N–H and O–H groups in total. The van der Waals surface area contributed by atoms with Crippen molar-refractivity contribution in [3.63, 3.8) is 0 Å². The summed E-state index contributed by atoms with van der Waals surface area (Å²) in [5.74, 6) is 0.175. The van der Waals surface area contributed by atoms with E-state index in [0.29, 0.717) is 17.3 Å². The van der Waals surface area contributed by atoms with Gasteiger partial charge in [0.2, 0.25) is 0 Å². The fourth-order valence-electron chi connectivity index (χ4n) is 3.67. The highest BCUT2D eigenvalue weighted by Crippen LogP contribution is 2.28. The van der Waals surface area contributed by atoms with Crippen molar-refractivity contribution in [1.82, 2.24) is 10.2 Å². The average Bonchev–Trinajstić information content (AvgIpc) is 3.02. The molecule has 28 heavy (non-hydrogen) atoms. The number of aryl methyl sites for hydroxylation is 2. The van der Waals surface area contributed by atoms with E-state index < -0.39 is 0 Å². The number of hydrogen-bond acceptors (Lipinski definition) is 3. The van der Waals surface area contributed by atoms with E-state index in [9.17, 15) is 4.79 Å². The first-order valence-corrected chi connectivity index (χ1v) is 10.1. The molecule has 0 unspecified atom stereocenters. The van der Waals surface area contributed by atoms with Crippen LogP contribution in [0.15, 0.2) is 46.9 Å². The van der Waals surface area contributed by atoms with Crippen LogP contribution >= 0.6 is 11.6 Å². The molecular formula is C23H27ClN2O2. The molecular weight excluding hydrogens is 372 g/mol. The number of benzene rings is 2. The largest absolute Gasteiger partial charge is 0.451 e. The molecule has 0 spiro atoms. The Bertz CT molecular complexity index is 976. The van der Waals surface area contributed by atoms with Crippen molar-refractivity contribution in [1.29, 1.82) is 0 Å². The standard InChI is InChI=1S/C23H27ClN2O2/c1-5-26(6-2)20(17-9-7-8-10-19(17)24)14-25-23(27)22-16(4)18-13-15(3)11-12-21(18)28-22/h7-13,20H,5-6,14H2,1-4H3,(H,25,27)/t20-/m1/s1. The quantitative estimate of drug-likeness (QED) is 0.570. The second kappa shape index (κ2) is 8.80. The van der Waals surface area contributed by atoms with Gasteiger partial charge in [-0.25, -0.2) is 0 Å². The minimum absolute atomic E-state index is 0.000390. The minimum Gasteiger partial charge on any atom is -0.451 e. The highest BCUT2D eigenvalue weighted by Gasteiger charge is 2.23. The van der Waals surface area contributed by atoms with Gasteiger partial charge < -0.3 is 9.73 Å². The maximum absolute atomic E-state index is 12.9. The third-order valence-corrected chi connectivity index (χ3v) is 5.62. The first-order chi connectivity index (χ1) is 13.5. The summed E-state index contributed by atoms with van der Waals surface area (Å²) in [5.41, 5.74) is 3.77. The van der Waals surface area contributed by atoms with Gasteiger partial charge in [0.25, 0.3) is 5.91 Å². The van der Waals surface area contributed by atoms with Crippen molar-refractivity contribution in [3.8, 4) is 0 Å². The number of halogens is 1. The number of likely N-dealkylation sites (N-methyl/N-ethyl adjacent to an activating group) is 1. The molecule has 0 saturated heterocycles. The van der Waals surface area contributed by atoms with Crippen LogP contribution < -0.4 is 5.32 Å². The molecule has 5 heteroatoms. The molecule has 4 nitrogen and oxygen atoms in total. The summed E-state index contributed by atoms with van der Waals surface area (Å²) in [5, 5.41) is 4.75. The van der Waals surface area contributed by atoms with Gasteiger partial charge in [-0.1, -0.05) is 55.3 Å². The van der Waals surface area contributed by atoms with Crippen LogP contribution in [0.5, 0.6) is 0 Å². The van der Waals surface area contributed by atoms with Gasteiger partial charge in [0.15, 0.2) is 5.76 Å². The summed E-state index contributed by atoms with van der Waals surface area (Å²) in [7, 11) is 0. The van der Waals surface area contributed by atoms with Gasteiger partial charge in [-0.05, 0) is 50.7 Å². The number of hydrogen-bond donors (Lipinski definition) is 1. The van der Waals surface area contributed by atoms with Crippen LogP contribution in [-0.4, -0.2) is 30.4 Å². The summed E-state index contributed by atoms with van der Waals surface area (Å²) in [4.78, 5) is 15.2. The Labute approximate surface area is 171 Å². The zero-order valence-corrected chi connectivity index (χ0v) is 17.6. The summed E-state index contributed by atoms with van der Waals surface area (Å²) in [6.45, 7) is 10.4. The number of amides is 1. The minimum atomic E-state index is -0.199. The van der Waals surface area contributed by atoms with Crippen molar-refractivity contribution in [2.45, 2.75) is 33.7 Å². The lowest BCUT2D eigenvalue weighted by Crippen LogP contribution is -2.38. The predicted octanol–water partition coefficient (Wildman–Crippen LogP) is 5.52. The number of rotatable bonds is 7. The first kappa shape index (κ1) is 20.4. The van der Waals surface area contributed by atoms with Crippen LogP contribution in [0.2, 0.25) is 5.02 Å². The molecule has 0 aliphatic rings. The molecule has 1 atom stereocenters. The van der Waals surface area contributed by atoms with Crippen LogP contribution in [0.4, 0.5) is 0 Å². The number of furan rings is 1. The molecule has 1 aromatic heterocycles. The lowest BCUT2D eigenvalue weighted by molar-refractivity contribution is 0.0908. The fourth-order valence-corrected chi connectivity index (χ4v) is 3.93. The van der Waals surface area contributed by atoms with Crippen molar-refractivity contribution in [2.75, 3.05) is 19.6 Å². The molecule has 0 fully saturated rings. The molecule has 2 aromatic carbocycles. The maximum Gasteiger partial charge on any atom is 0.287 e. The second-order valence-corrected chi connectivity index (χ2v) is 7.43. The van der Waals surface area contributed by atoms with Crippen LogP contribution in [0.3, 0.4) is 0 Å². The number of carbonyl (C=O) groups excluding carboxylic acids is 1. The zero-order chi connectivity index (χ0) is 20.3. The van der Waals surface area contributed by atoms with Gasteiger partial charge >= 0.3 is 0 Å². The average molecular weight is 399 g/mol. The van der Waals surface area contributed by atoms with E-state index in [1.54, 1.807) is 0 Å². The second-order valence-electron chi connectivity index (χ2n) is 7.02. The van der Waals surface area contributed by atoms with Crippen molar-refractivity contribution >= 4 is 28.5 Å². The monoisotopic (exact) mass is 398 g/mol. The summed E-state index contributed by atoms with van der Waals surface area (Å²) in [6, 6.07) is 13.8. The van der Waals surface area contributed by atoms with E-state index in [0.717, 1.165) is 40.7 Å². The predicted molar refractivity (Wildman–Crippen MR) is 115 cm³/mol. The Kier molecular flexibility index (Phi) is 6.42. The highest BCUT2D eigenvalue weighted by atomic mass is 35.5. The summed E-state index contributed by atoms with van der Waals surface area (Å²) < 4.78 is 5.84. The summed E-state index contributed by atoms with van der Waals surface area (Å²) in [6.07, 6.45) is 0. The highest BCUT2D eigenvalue weighted by molar-refractivity contribution is 6.31. The molecule has 3 aromatic rings. The van der Waals surface area contributed by atoms with Gasteiger partial charge in [0.05, 0.1) is 6.04 Å². The fraction of sp³-hybridized carbons (Fsp3) is 0.348. The van der Waals surface area contributed by atoms with E-state index >= 15 is 0 Å². The molecule has 0 radical (unpaired) electrons. The van der Waals surface area contributed by atoms with Gasteiger partial charge in [0, 0.05) is 22.5 Å². The van der Waals surface area contributed by atoms with Crippen LogP contribution in [0.25, 0.3) is 11.0 Å². The molecule has 0 saturated carbocycles. The zero-order valence-electron chi connectivity index (χ0n) is 16.9. The summed E-state index contributed by atoms with van der Waals surface area (Å²) >= 11 is 6.44. The number of carbonyl (C=O) groups is 1. The molecule has 1 heterocycles. The Morgan fingerprint density at radius 3 is 2.54 bits per heavy atom. The van der Waals surface area contributed by atoms with E-state index in [2.05, 4.69) is 24.1 Å².